The van der Waals surface area contributed by atoms with Crippen LogP contribution < -0.4 is 10.1 Å². The summed E-state index contributed by atoms with van der Waals surface area (Å²) in [5.41, 5.74) is 3.74. The molecular formula is C26H20BrClN2O4S. The van der Waals surface area contributed by atoms with Gasteiger partial charge in [-0.15, -0.1) is 0 Å². The van der Waals surface area contributed by atoms with Crippen molar-refractivity contribution in [1.82, 2.24) is 5.32 Å². The molecule has 3 aromatic rings. The van der Waals surface area contributed by atoms with Crippen LogP contribution in [0.25, 0.3) is 6.08 Å². The number of amidine groups is 1. The van der Waals surface area contributed by atoms with E-state index in [9.17, 15) is 9.59 Å². The van der Waals surface area contributed by atoms with Gasteiger partial charge in [0.2, 0.25) is 0 Å². The topological polar surface area (TPSA) is 88.0 Å². The van der Waals surface area contributed by atoms with Crippen molar-refractivity contribution in [3.63, 3.8) is 0 Å². The van der Waals surface area contributed by atoms with Gasteiger partial charge in [-0.25, -0.2) is 9.79 Å². The number of halogens is 2. The number of aromatic carboxylic acids is 1. The summed E-state index contributed by atoms with van der Waals surface area (Å²) in [6.07, 6.45) is 2.70. The van der Waals surface area contributed by atoms with E-state index in [0.717, 1.165) is 23.2 Å². The number of aliphatic imine (C=N–C) groups is 1. The third-order valence-corrected chi connectivity index (χ3v) is 6.91. The van der Waals surface area contributed by atoms with Gasteiger partial charge in [-0.2, -0.15) is 0 Å². The minimum atomic E-state index is -0.980. The fourth-order valence-electron chi connectivity index (χ4n) is 3.26. The molecule has 1 fully saturated rings. The van der Waals surface area contributed by atoms with Crippen molar-refractivity contribution in [2.75, 3.05) is 0 Å². The molecule has 1 saturated heterocycles. The largest absolute Gasteiger partial charge is 0.486 e. The van der Waals surface area contributed by atoms with Gasteiger partial charge in [0.1, 0.15) is 6.61 Å². The molecule has 2 N–H and O–H groups in total. The van der Waals surface area contributed by atoms with E-state index >= 15 is 0 Å². The molecule has 0 aromatic heterocycles. The van der Waals surface area contributed by atoms with Gasteiger partial charge in [-0.05, 0) is 93.3 Å². The number of thioether (sulfide) groups is 1. The molecule has 0 aliphatic carbocycles. The van der Waals surface area contributed by atoms with Crippen molar-refractivity contribution >= 4 is 68.1 Å². The van der Waals surface area contributed by atoms with Gasteiger partial charge in [0.05, 0.1) is 25.7 Å². The number of nitrogens with zero attached hydrogens (tertiary/aromatic N) is 1. The van der Waals surface area contributed by atoms with Crippen LogP contribution in [0.2, 0.25) is 5.02 Å². The predicted octanol–water partition coefficient (Wildman–Crippen LogP) is 6.83. The van der Waals surface area contributed by atoms with Crippen LogP contribution in [-0.4, -0.2) is 22.2 Å². The standard InChI is InChI=1S/C26H20BrClN2O4S/c1-2-15-5-9-19(10-6-15)29-26-30-24(31)22(35-26)13-17-11-20(27)23(21(28)12-17)34-14-16-3-7-18(8-4-16)25(32)33/h3-13H,2,14H2,1H3,(H,32,33)(H,29,30,31)/b22-13-. The molecule has 35 heavy (non-hydrogen) atoms. The summed E-state index contributed by atoms with van der Waals surface area (Å²) in [6, 6.07) is 17.9. The lowest BCUT2D eigenvalue weighted by Gasteiger charge is -2.11. The normalized spacial score (nSPS) is 15.5. The smallest absolute Gasteiger partial charge is 0.335 e. The van der Waals surface area contributed by atoms with Gasteiger partial charge >= 0.3 is 5.97 Å². The first-order chi connectivity index (χ1) is 16.8. The Kier molecular flexibility index (Phi) is 7.95. The van der Waals surface area contributed by atoms with Crippen molar-refractivity contribution < 1.29 is 19.4 Å². The van der Waals surface area contributed by atoms with Gasteiger partial charge in [0.25, 0.3) is 5.91 Å². The quantitative estimate of drug-likeness (QED) is 0.303. The molecule has 1 aliphatic heterocycles. The predicted molar refractivity (Wildman–Crippen MR) is 144 cm³/mol. The number of carbonyl (C=O) groups is 2. The number of rotatable bonds is 7. The number of hydrogen-bond acceptors (Lipinski definition) is 5. The van der Waals surface area contributed by atoms with E-state index in [1.165, 1.54) is 29.5 Å². The second-order valence-corrected chi connectivity index (χ2v) is 9.90. The van der Waals surface area contributed by atoms with Crippen molar-refractivity contribution in [3.8, 4) is 5.75 Å². The molecule has 0 atom stereocenters. The van der Waals surface area contributed by atoms with E-state index in [1.807, 2.05) is 30.3 Å². The van der Waals surface area contributed by atoms with E-state index in [2.05, 4.69) is 33.2 Å². The first-order valence-corrected chi connectivity index (χ1v) is 12.6. The summed E-state index contributed by atoms with van der Waals surface area (Å²) in [4.78, 5) is 28.5. The fraction of sp³-hybridized carbons (Fsp3) is 0.115. The number of nitrogens with one attached hydrogen (secondary N) is 1. The first kappa shape index (κ1) is 25.0. The van der Waals surface area contributed by atoms with Crippen molar-refractivity contribution in [2.45, 2.75) is 20.0 Å². The maximum Gasteiger partial charge on any atom is 0.335 e. The van der Waals surface area contributed by atoms with Crippen LogP contribution in [0.4, 0.5) is 5.69 Å². The summed E-state index contributed by atoms with van der Waals surface area (Å²) in [7, 11) is 0. The maximum absolute atomic E-state index is 12.5. The second-order valence-electron chi connectivity index (χ2n) is 7.61. The highest BCUT2D eigenvalue weighted by molar-refractivity contribution is 9.10. The van der Waals surface area contributed by atoms with Crippen molar-refractivity contribution in [2.24, 2.45) is 4.99 Å². The Bertz CT molecular complexity index is 1320. The molecule has 4 rings (SSSR count). The zero-order valence-corrected chi connectivity index (χ0v) is 21.7. The van der Waals surface area contributed by atoms with Gasteiger partial charge in [-0.1, -0.05) is 42.8 Å². The van der Waals surface area contributed by atoms with Crippen LogP contribution in [0.15, 0.2) is 75.0 Å². The molecule has 1 heterocycles. The van der Waals surface area contributed by atoms with E-state index in [4.69, 9.17) is 21.4 Å². The van der Waals surface area contributed by atoms with Crippen molar-refractivity contribution in [3.05, 3.63) is 97.3 Å². The van der Waals surface area contributed by atoms with Gasteiger partial charge in [0, 0.05) is 0 Å². The Morgan fingerprint density at radius 3 is 2.46 bits per heavy atom. The number of amides is 1. The number of hydrogen-bond donors (Lipinski definition) is 2. The number of carbonyl (C=O) groups excluding carboxylic acids is 1. The maximum atomic E-state index is 12.5. The zero-order chi connectivity index (χ0) is 24.9. The monoisotopic (exact) mass is 570 g/mol. The molecule has 6 nitrogen and oxygen atoms in total. The Balaban J connectivity index is 1.46. The fourth-order valence-corrected chi connectivity index (χ4v) is 5.09. The average molecular weight is 572 g/mol. The van der Waals surface area contributed by atoms with Gasteiger partial charge < -0.3 is 15.2 Å². The molecular weight excluding hydrogens is 552 g/mol. The molecule has 0 radical (unpaired) electrons. The molecule has 0 bridgehead atoms. The molecule has 9 heteroatoms. The molecule has 1 amide bonds. The van der Waals surface area contributed by atoms with E-state index in [0.29, 0.717) is 25.3 Å². The van der Waals surface area contributed by atoms with Crippen LogP contribution >= 0.6 is 39.3 Å². The number of aryl methyl sites for hydroxylation is 1. The summed E-state index contributed by atoms with van der Waals surface area (Å²) in [5, 5.41) is 12.7. The second kappa shape index (κ2) is 11.1. The van der Waals surface area contributed by atoms with E-state index in [1.54, 1.807) is 24.3 Å². The molecule has 178 valence electrons. The summed E-state index contributed by atoms with van der Waals surface area (Å²) in [6.45, 7) is 2.31. The van der Waals surface area contributed by atoms with Crippen LogP contribution in [0, 0.1) is 0 Å². The molecule has 3 aromatic carbocycles. The Hall–Kier alpha value is -3.07. The highest BCUT2D eigenvalue weighted by Gasteiger charge is 2.24. The van der Waals surface area contributed by atoms with Crippen LogP contribution in [-0.2, 0) is 17.8 Å². The number of ether oxygens (including phenoxy) is 1. The van der Waals surface area contributed by atoms with Gasteiger partial charge in [0.15, 0.2) is 10.9 Å². The third kappa shape index (κ3) is 6.33. The molecule has 0 saturated carbocycles. The lowest BCUT2D eigenvalue weighted by molar-refractivity contribution is -0.115. The van der Waals surface area contributed by atoms with E-state index < -0.39 is 5.97 Å². The first-order valence-electron chi connectivity index (χ1n) is 10.6. The number of carboxylic acid groups (broad SMARTS) is 1. The highest BCUT2D eigenvalue weighted by atomic mass is 79.9. The number of carboxylic acids is 1. The average Bonchev–Trinajstić information content (AvgIpc) is 3.17. The third-order valence-electron chi connectivity index (χ3n) is 5.13. The Morgan fingerprint density at radius 1 is 1.14 bits per heavy atom. The van der Waals surface area contributed by atoms with Gasteiger partial charge in [-0.3, -0.25) is 4.79 Å². The summed E-state index contributed by atoms with van der Waals surface area (Å²) in [5.74, 6) is -0.750. The minimum Gasteiger partial charge on any atom is -0.486 e. The molecule has 0 spiro atoms. The lowest BCUT2D eigenvalue weighted by Crippen LogP contribution is -2.19. The van der Waals surface area contributed by atoms with Crippen LogP contribution in [0.5, 0.6) is 5.75 Å². The SMILES string of the molecule is CCc1ccc(N=C2NC(=O)/C(=C/c3cc(Cl)c(OCc4ccc(C(=O)O)cc4)c(Br)c3)S2)cc1. The molecule has 0 unspecified atom stereocenters. The van der Waals surface area contributed by atoms with E-state index in [-0.39, 0.29) is 18.1 Å². The lowest BCUT2D eigenvalue weighted by atomic mass is 10.1. The van der Waals surface area contributed by atoms with Crippen LogP contribution in [0.1, 0.15) is 34.0 Å². The minimum absolute atomic E-state index is 0.210. The number of benzene rings is 3. The zero-order valence-electron chi connectivity index (χ0n) is 18.5. The Labute approximate surface area is 220 Å². The van der Waals surface area contributed by atoms with Crippen molar-refractivity contribution in [1.29, 1.82) is 0 Å². The molecule has 1 aliphatic rings. The highest BCUT2D eigenvalue weighted by Crippen LogP contribution is 2.37. The Morgan fingerprint density at radius 2 is 1.83 bits per heavy atom. The summed E-state index contributed by atoms with van der Waals surface area (Å²) >= 11 is 11.2. The van der Waals surface area contributed by atoms with Crippen LogP contribution in [0.3, 0.4) is 0 Å². The summed E-state index contributed by atoms with van der Waals surface area (Å²) < 4.78 is 6.48.